The van der Waals surface area contributed by atoms with Crippen molar-refractivity contribution in [3.8, 4) is 0 Å². The maximum Gasteiger partial charge on any atom is 0.220 e. The summed E-state index contributed by atoms with van der Waals surface area (Å²) in [5.41, 5.74) is 2.21. The normalized spacial score (nSPS) is 9.63. The SMILES string of the molecule is CC.CC.CCOCc1ccc(CNC(=O)CCCCC(=O)C(C)C)cc1. The number of nitrogens with one attached hydrogen (secondary N) is 1. The second-order valence-corrected chi connectivity index (χ2v) is 6.06. The van der Waals surface area contributed by atoms with Gasteiger partial charge in [-0.1, -0.05) is 65.8 Å². The molecule has 1 rings (SSSR count). The fourth-order valence-corrected chi connectivity index (χ4v) is 2.14. The van der Waals surface area contributed by atoms with Gasteiger partial charge in [0, 0.05) is 31.9 Å². The summed E-state index contributed by atoms with van der Waals surface area (Å²) in [5, 5.41) is 2.92. The number of hydrogen-bond acceptors (Lipinski definition) is 3. The number of ether oxygens (including phenoxy) is 1. The number of carbonyl (C=O) groups excluding carboxylic acids is 2. The summed E-state index contributed by atoms with van der Waals surface area (Å²) >= 11 is 0. The molecule has 1 amide bonds. The zero-order chi connectivity index (χ0) is 21.1. The van der Waals surface area contributed by atoms with Crippen LogP contribution in [0.5, 0.6) is 0 Å². The van der Waals surface area contributed by atoms with Crippen LogP contribution in [0.4, 0.5) is 0 Å². The van der Waals surface area contributed by atoms with Crippen molar-refractivity contribution in [2.45, 2.75) is 87.3 Å². The third kappa shape index (κ3) is 15.1. The first kappa shape index (κ1) is 27.5. The van der Waals surface area contributed by atoms with Gasteiger partial charge in [-0.25, -0.2) is 0 Å². The fraction of sp³-hybridized carbons (Fsp3) is 0.652. The molecule has 156 valence electrons. The maximum atomic E-state index is 11.8. The first-order valence-corrected chi connectivity index (χ1v) is 10.5. The molecular formula is C23H41NO3. The van der Waals surface area contributed by atoms with Crippen LogP contribution >= 0.6 is 0 Å². The highest BCUT2D eigenvalue weighted by Gasteiger charge is 2.07. The van der Waals surface area contributed by atoms with Crippen molar-refractivity contribution < 1.29 is 14.3 Å². The monoisotopic (exact) mass is 379 g/mol. The van der Waals surface area contributed by atoms with Crippen molar-refractivity contribution in [3.05, 3.63) is 35.4 Å². The molecule has 1 aromatic rings. The second-order valence-electron chi connectivity index (χ2n) is 6.06. The van der Waals surface area contributed by atoms with E-state index in [1.807, 2.05) is 72.7 Å². The van der Waals surface area contributed by atoms with Gasteiger partial charge in [0.1, 0.15) is 5.78 Å². The minimum absolute atomic E-state index is 0.0420. The minimum Gasteiger partial charge on any atom is -0.377 e. The smallest absolute Gasteiger partial charge is 0.220 e. The molecule has 0 fully saturated rings. The van der Waals surface area contributed by atoms with Crippen LogP contribution in [-0.2, 0) is 27.5 Å². The Balaban J connectivity index is 0. The molecule has 0 saturated carbocycles. The predicted octanol–water partition coefficient (Wildman–Crippen LogP) is 5.68. The predicted molar refractivity (Wildman–Crippen MR) is 115 cm³/mol. The Hall–Kier alpha value is -1.68. The van der Waals surface area contributed by atoms with Crippen LogP contribution < -0.4 is 5.32 Å². The number of ketones is 1. The highest BCUT2D eigenvalue weighted by molar-refractivity contribution is 5.80. The summed E-state index contributed by atoms with van der Waals surface area (Å²) < 4.78 is 5.35. The largest absolute Gasteiger partial charge is 0.377 e. The van der Waals surface area contributed by atoms with Crippen LogP contribution in [0.25, 0.3) is 0 Å². The molecule has 0 aliphatic rings. The van der Waals surface area contributed by atoms with Gasteiger partial charge in [-0.05, 0) is 30.9 Å². The summed E-state index contributed by atoms with van der Waals surface area (Å²) in [7, 11) is 0. The van der Waals surface area contributed by atoms with Gasteiger partial charge in [-0.2, -0.15) is 0 Å². The Kier molecular flexibility index (Phi) is 19.5. The molecule has 0 spiro atoms. The molecule has 0 radical (unpaired) electrons. The van der Waals surface area contributed by atoms with Gasteiger partial charge in [-0.15, -0.1) is 0 Å². The molecule has 4 nitrogen and oxygen atoms in total. The molecule has 0 heterocycles. The highest BCUT2D eigenvalue weighted by atomic mass is 16.5. The van der Waals surface area contributed by atoms with Gasteiger partial charge in [0.15, 0.2) is 0 Å². The lowest BCUT2D eigenvalue weighted by Gasteiger charge is -2.07. The first-order valence-electron chi connectivity index (χ1n) is 10.5. The number of hydrogen-bond donors (Lipinski definition) is 1. The van der Waals surface area contributed by atoms with E-state index in [9.17, 15) is 9.59 Å². The van der Waals surface area contributed by atoms with Crippen molar-refractivity contribution in [1.29, 1.82) is 0 Å². The number of unbranched alkanes of at least 4 members (excludes halogenated alkanes) is 1. The van der Waals surface area contributed by atoms with Crippen LogP contribution in [0.15, 0.2) is 24.3 Å². The number of rotatable bonds is 11. The molecule has 0 saturated heterocycles. The standard InChI is InChI=1S/C19H29NO3.2C2H6/c1-4-23-14-17-11-9-16(10-12-17)13-20-19(22)8-6-5-7-18(21)15(2)3;2*1-2/h9-12,15H,4-8,13-14H2,1-3H3,(H,20,22);2*1-2H3. The third-order valence-electron chi connectivity index (χ3n) is 3.71. The van der Waals surface area contributed by atoms with Gasteiger partial charge < -0.3 is 10.1 Å². The third-order valence-corrected chi connectivity index (χ3v) is 3.71. The zero-order valence-electron chi connectivity index (χ0n) is 18.6. The van der Waals surface area contributed by atoms with Crippen molar-refractivity contribution in [2.24, 2.45) is 5.92 Å². The Labute approximate surface area is 167 Å². The molecule has 1 N–H and O–H groups in total. The van der Waals surface area contributed by atoms with Gasteiger partial charge >= 0.3 is 0 Å². The molecule has 4 heteroatoms. The fourth-order valence-electron chi connectivity index (χ4n) is 2.14. The second kappa shape index (κ2) is 19.1. The summed E-state index contributed by atoms with van der Waals surface area (Å²) in [6.07, 6.45) is 2.61. The zero-order valence-corrected chi connectivity index (χ0v) is 18.6. The Morgan fingerprint density at radius 1 is 0.926 bits per heavy atom. The summed E-state index contributed by atoms with van der Waals surface area (Å²) in [6, 6.07) is 8.06. The van der Waals surface area contributed by atoms with Gasteiger partial charge in [0.2, 0.25) is 5.91 Å². The van der Waals surface area contributed by atoms with E-state index in [0.29, 0.717) is 32.6 Å². The lowest BCUT2D eigenvalue weighted by atomic mass is 10.0. The average molecular weight is 380 g/mol. The van der Waals surface area contributed by atoms with Gasteiger partial charge in [-0.3, -0.25) is 9.59 Å². The molecule has 0 aliphatic carbocycles. The Morgan fingerprint density at radius 2 is 1.44 bits per heavy atom. The molecule has 0 aliphatic heterocycles. The van der Waals surface area contributed by atoms with E-state index < -0.39 is 0 Å². The lowest BCUT2D eigenvalue weighted by Crippen LogP contribution is -2.22. The topological polar surface area (TPSA) is 55.4 Å². The number of Topliss-reactive ketones (excluding diaryl/α,β-unsaturated/α-hetero) is 1. The average Bonchev–Trinajstić information content (AvgIpc) is 2.71. The van der Waals surface area contributed by atoms with Crippen molar-refractivity contribution in [2.75, 3.05) is 6.61 Å². The molecular weight excluding hydrogens is 338 g/mol. The van der Waals surface area contributed by atoms with Gasteiger partial charge in [0.25, 0.3) is 0 Å². The molecule has 0 unspecified atom stereocenters. The molecule has 27 heavy (non-hydrogen) atoms. The Bertz CT molecular complexity index is 481. The maximum absolute atomic E-state index is 11.8. The summed E-state index contributed by atoms with van der Waals surface area (Å²) in [5.74, 6) is 0.410. The Morgan fingerprint density at radius 3 is 1.96 bits per heavy atom. The van der Waals surface area contributed by atoms with Crippen molar-refractivity contribution in [3.63, 3.8) is 0 Å². The molecule has 0 bridgehead atoms. The quantitative estimate of drug-likeness (QED) is 0.503. The summed E-state index contributed by atoms with van der Waals surface area (Å²) in [4.78, 5) is 23.3. The minimum atomic E-state index is 0.0420. The van der Waals surface area contributed by atoms with E-state index in [1.165, 1.54) is 0 Å². The number of benzene rings is 1. The molecule has 1 aromatic carbocycles. The number of carbonyl (C=O) groups is 2. The van der Waals surface area contributed by atoms with E-state index in [1.54, 1.807) is 0 Å². The van der Waals surface area contributed by atoms with Crippen molar-refractivity contribution in [1.82, 2.24) is 5.32 Å². The molecule has 0 atom stereocenters. The van der Waals surface area contributed by atoms with E-state index >= 15 is 0 Å². The summed E-state index contributed by atoms with van der Waals surface area (Å²) in [6.45, 7) is 15.7. The molecule has 0 aromatic heterocycles. The van der Waals surface area contributed by atoms with Crippen LogP contribution in [0.1, 0.15) is 85.3 Å². The number of amides is 1. The van der Waals surface area contributed by atoms with Crippen LogP contribution in [-0.4, -0.2) is 18.3 Å². The lowest BCUT2D eigenvalue weighted by molar-refractivity contribution is -0.123. The first-order chi connectivity index (χ1) is 13.0. The van der Waals surface area contributed by atoms with E-state index in [4.69, 9.17) is 4.74 Å². The van der Waals surface area contributed by atoms with Gasteiger partial charge in [0.05, 0.1) is 6.61 Å². The van der Waals surface area contributed by atoms with E-state index in [0.717, 1.165) is 24.0 Å². The van der Waals surface area contributed by atoms with Crippen molar-refractivity contribution >= 4 is 11.7 Å². The highest BCUT2D eigenvalue weighted by Crippen LogP contribution is 2.08. The van der Waals surface area contributed by atoms with Crippen LogP contribution in [0.3, 0.4) is 0 Å². The van der Waals surface area contributed by atoms with E-state index in [2.05, 4.69) is 5.32 Å². The van der Waals surface area contributed by atoms with E-state index in [-0.39, 0.29) is 17.6 Å². The van der Waals surface area contributed by atoms with Crippen LogP contribution in [0, 0.1) is 5.92 Å². The van der Waals surface area contributed by atoms with Crippen LogP contribution in [0.2, 0.25) is 0 Å².